The van der Waals surface area contributed by atoms with E-state index in [2.05, 4.69) is 5.16 Å². The monoisotopic (exact) mass is 359 g/mol. The van der Waals surface area contributed by atoms with Crippen molar-refractivity contribution in [3.05, 3.63) is 64.4 Å². The lowest BCUT2D eigenvalue weighted by molar-refractivity contribution is -0.137. The van der Waals surface area contributed by atoms with Gasteiger partial charge in [-0.1, -0.05) is 30.1 Å². The van der Waals surface area contributed by atoms with Crippen LogP contribution in [0.3, 0.4) is 0 Å². The van der Waals surface area contributed by atoms with Crippen LogP contribution >= 0.6 is 11.6 Å². The maximum atomic E-state index is 13.2. The molecule has 0 unspecified atom stereocenters. The maximum Gasteiger partial charge on any atom is 0.417 e. The Morgan fingerprint density at radius 2 is 1.79 bits per heavy atom. The molecule has 2 aromatic carbocycles. The molecule has 0 spiro atoms. The highest BCUT2D eigenvalue weighted by Crippen LogP contribution is 2.34. The molecule has 0 aliphatic heterocycles. The van der Waals surface area contributed by atoms with Gasteiger partial charge in [0, 0.05) is 10.6 Å². The van der Waals surface area contributed by atoms with Gasteiger partial charge in [0.2, 0.25) is 0 Å². The zero-order valence-corrected chi connectivity index (χ0v) is 13.5. The van der Waals surface area contributed by atoms with Crippen LogP contribution in [0.25, 0.3) is 0 Å². The lowest BCUT2D eigenvalue weighted by Crippen LogP contribution is -2.14. The van der Waals surface area contributed by atoms with Crippen LogP contribution in [0, 0.1) is 5.82 Å². The van der Waals surface area contributed by atoms with Crippen LogP contribution in [0.4, 0.5) is 17.6 Å². The number of benzene rings is 2. The first kappa shape index (κ1) is 18.3. The Morgan fingerprint density at radius 1 is 1.12 bits per heavy atom. The third-order valence-corrected chi connectivity index (χ3v) is 3.39. The zero-order chi connectivity index (χ0) is 17.7. The van der Waals surface area contributed by atoms with Crippen molar-refractivity contribution in [2.24, 2.45) is 5.16 Å². The summed E-state index contributed by atoms with van der Waals surface area (Å²) in [5.74, 6) is -0.227. The molecule has 0 aliphatic carbocycles. The van der Waals surface area contributed by atoms with Crippen molar-refractivity contribution < 1.29 is 22.4 Å². The predicted octanol–water partition coefficient (Wildman–Crippen LogP) is 6.08. The van der Waals surface area contributed by atoms with Crippen LogP contribution < -0.4 is 4.84 Å². The predicted molar refractivity (Wildman–Crippen MR) is 84.9 cm³/mol. The zero-order valence-electron chi connectivity index (χ0n) is 12.7. The van der Waals surface area contributed by atoms with E-state index in [4.69, 9.17) is 16.4 Å². The van der Waals surface area contributed by atoms with Gasteiger partial charge in [0.15, 0.2) is 5.75 Å². The van der Waals surface area contributed by atoms with Crippen molar-refractivity contribution in [3.8, 4) is 5.75 Å². The lowest BCUT2D eigenvalue weighted by Gasteiger charge is -2.14. The quantitative estimate of drug-likeness (QED) is 0.360. The second-order valence-corrected chi connectivity index (χ2v) is 5.46. The fourth-order valence-electron chi connectivity index (χ4n) is 2.07. The molecular weight excluding hydrogens is 346 g/mol. The van der Waals surface area contributed by atoms with E-state index in [0.29, 0.717) is 6.42 Å². The standard InChI is InChI=1S/C17H14ClF4NO/c1-2-3-16(23-24-13-7-5-12(19)6-8-13)14-10-11(18)4-9-15(14)17(20,21)22/h4-10H,2-3H2,1H3. The van der Waals surface area contributed by atoms with Crippen LogP contribution in [0.15, 0.2) is 47.6 Å². The van der Waals surface area contributed by atoms with Crippen molar-refractivity contribution in [1.82, 2.24) is 0 Å². The Balaban J connectivity index is 2.41. The van der Waals surface area contributed by atoms with E-state index < -0.39 is 17.6 Å². The van der Waals surface area contributed by atoms with Gasteiger partial charge in [0.25, 0.3) is 0 Å². The van der Waals surface area contributed by atoms with Gasteiger partial charge in [-0.05, 0) is 48.9 Å². The number of halogens is 5. The third kappa shape index (κ3) is 4.71. The van der Waals surface area contributed by atoms with Gasteiger partial charge in [0.1, 0.15) is 5.82 Å². The highest BCUT2D eigenvalue weighted by atomic mass is 35.5. The molecule has 0 radical (unpaired) electrons. The normalized spacial score (nSPS) is 12.3. The number of alkyl halides is 3. The van der Waals surface area contributed by atoms with Gasteiger partial charge in [-0.15, -0.1) is 0 Å². The molecule has 128 valence electrons. The summed E-state index contributed by atoms with van der Waals surface area (Å²) in [6.45, 7) is 1.81. The Kier molecular flexibility index (Phi) is 5.83. The average Bonchev–Trinajstić information content (AvgIpc) is 2.51. The Labute approximate surface area is 141 Å². The summed E-state index contributed by atoms with van der Waals surface area (Å²) in [6.07, 6.45) is -3.70. The molecule has 0 bridgehead atoms. The molecule has 2 nitrogen and oxygen atoms in total. The van der Waals surface area contributed by atoms with Crippen LogP contribution in [-0.2, 0) is 6.18 Å². The van der Waals surface area contributed by atoms with Crippen LogP contribution in [0.2, 0.25) is 5.02 Å². The second kappa shape index (κ2) is 7.66. The summed E-state index contributed by atoms with van der Waals surface area (Å²) in [4.78, 5) is 5.15. The number of hydrogen-bond donors (Lipinski definition) is 0. The van der Waals surface area contributed by atoms with Gasteiger partial charge in [-0.25, -0.2) is 4.39 Å². The molecule has 0 saturated heterocycles. The van der Waals surface area contributed by atoms with E-state index in [1.165, 1.54) is 36.4 Å². The van der Waals surface area contributed by atoms with E-state index in [1.54, 1.807) is 0 Å². The van der Waals surface area contributed by atoms with Gasteiger partial charge in [-0.2, -0.15) is 13.2 Å². The molecule has 0 N–H and O–H groups in total. The van der Waals surface area contributed by atoms with E-state index in [-0.39, 0.29) is 28.5 Å². The number of rotatable bonds is 5. The Bertz CT molecular complexity index is 726. The topological polar surface area (TPSA) is 21.6 Å². The van der Waals surface area contributed by atoms with Crippen LogP contribution in [0.1, 0.15) is 30.9 Å². The van der Waals surface area contributed by atoms with Crippen molar-refractivity contribution in [2.45, 2.75) is 25.9 Å². The molecule has 2 aromatic rings. The fourth-order valence-corrected chi connectivity index (χ4v) is 2.24. The van der Waals surface area contributed by atoms with Crippen molar-refractivity contribution in [1.29, 1.82) is 0 Å². The molecule has 24 heavy (non-hydrogen) atoms. The van der Waals surface area contributed by atoms with Crippen molar-refractivity contribution in [2.75, 3.05) is 0 Å². The van der Waals surface area contributed by atoms with Crippen molar-refractivity contribution in [3.63, 3.8) is 0 Å². The Hall–Kier alpha value is -2.08. The molecule has 0 aliphatic rings. The van der Waals surface area contributed by atoms with Gasteiger partial charge in [0.05, 0.1) is 11.3 Å². The smallest absolute Gasteiger partial charge is 0.357 e. The SMILES string of the molecule is CCCC(=NOc1ccc(F)cc1)c1cc(Cl)ccc1C(F)(F)F. The van der Waals surface area contributed by atoms with E-state index in [1.807, 2.05) is 6.92 Å². The van der Waals surface area contributed by atoms with Gasteiger partial charge < -0.3 is 4.84 Å². The molecule has 0 aromatic heterocycles. The first-order chi connectivity index (χ1) is 11.3. The summed E-state index contributed by atoms with van der Waals surface area (Å²) < 4.78 is 52.5. The van der Waals surface area contributed by atoms with Crippen LogP contribution in [0.5, 0.6) is 5.75 Å². The molecule has 0 amide bonds. The summed E-state index contributed by atoms with van der Waals surface area (Å²) >= 11 is 5.84. The minimum atomic E-state index is -4.54. The molecular formula is C17H14ClF4NO. The second-order valence-electron chi connectivity index (χ2n) is 5.02. The first-order valence-electron chi connectivity index (χ1n) is 7.18. The van der Waals surface area contributed by atoms with E-state index >= 15 is 0 Å². The number of hydrogen-bond acceptors (Lipinski definition) is 2. The number of oxime groups is 1. The lowest BCUT2D eigenvalue weighted by atomic mass is 9.99. The minimum Gasteiger partial charge on any atom is -0.357 e. The highest BCUT2D eigenvalue weighted by molar-refractivity contribution is 6.31. The van der Waals surface area contributed by atoms with Gasteiger partial charge >= 0.3 is 6.18 Å². The molecule has 0 heterocycles. The average molecular weight is 360 g/mol. The summed E-state index contributed by atoms with van der Waals surface area (Å²) in [5.41, 5.74) is -0.836. The molecule has 0 saturated carbocycles. The van der Waals surface area contributed by atoms with Crippen LogP contribution in [-0.4, -0.2) is 5.71 Å². The Morgan fingerprint density at radius 3 is 2.38 bits per heavy atom. The molecule has 0 fully saturated rings. The summed E-state index contributed by atoms with van der Waals surface area (Å²) in [6, 6.07) is 8.33. The largest absolute Gasteiger partial charge is 0.417 e. The minimum absolute atomic E-state index is 0.122. The third-order valence-electron chi connectivity index (χ3n) is 3.16. The first-order valence-corrected chi connectivity index (χ1v) is 7.55. The van der Waals surface area contributed by atoms with E-state index in [9.17, 15) is 17.6 Å². The summed E-state index contributed by atoms with van der Waals surface area (Å²) in [7, 11) is 0. The molecule has 0 atom stereocenters. The van der Waals surface area contributed by atoms with E-state index in [0.717, 1.165) is 6.07 Å². The molecule has 2 rings (SSSR count). The van der Waals surface area contributed by atoms with Crippen molar-refractivity contribution >= 4 is 17.3 Å². The fraction of sp³-hybridized carbons (Fsp3) is 0.235. The number of nitrogens with zero attached hydrogens (tertiary/aromatic N) is 1. The molecule has 7 heteroatoms. The van der Waals surface area contributed by atoms with Gasteiger partial charge in [-0.3, -0.25) is 0 Å². The highest BCUT2D eigenvalue weighted by Gasteiger charge is 2.34. The summed E-state index contributed by atoms with van der Waals surface area (Å²) in [5, 5.41) is 4.00. The maximum absolute atomic E-state index is 13.2.